The summed E-state index contributed by atoms with van der Waals surface area (Å²) in [5, 5.41) is 12.0. The smallest absolute Gasteiger partial charge is 0.321 e. The zero-order chi connectivity index (χ0) is 30.9. The number of carbonyl (C=O) groups is 1. The Balaban J connectivity index is 0.00000207. The van der Waals surface area contributed by atoms with E-state index in [-0.39, 0.29) is 12.1 Å². The third-order valence-corrected chi connectivity index (χ3v) is 8.59. The van der Waals surface area contributed by atoms with Gasteiger partial charge in [0, 0.05) is 67.5 Å². The number of nitriles is 1. The van der Waals surface area contributed by atoms with Crippen LogP contribution in [0.15, 0.2) is 93.9 Å². The predicted octanol–water partition coefficient (Wildman–Crippen LogP) is 6.65. The van der Waals surface area contributed by atoms with Crippen LogP contribution in [0.1, 0.15) is 45.0 Å². The van der Waals surface area contributed by atoms with E-state index >= 15 is 0 Å². The van der Waals surface area contributed by atoms with E-state index in [0.29, 0.717) is 30.3 Å². The molecule has 3 N–H and O–H groups in total. The fourth-order valence-electron chi connectivity index (χ4n) is 5.79. The first kappa shape index (κ1) is 32.1. The van der Waals surface area contributed by atoms with Gasteiger partial charge in [0.2, 0.25) is 0 Å². The average molecular weight is 645 g/mol. The van der Waals surface area contributed by atoms with Gasteiger partial charge in [-0.2, -0.15) is 5.26 Å². The molecular formula is C34H42BrN7O. The molecule has 1 aliphatic heterocycles. The molecule has 2 unspecified atom stereocenters. The van der Waals surface area contributed by atoms with E-state index in [1.807, 2.05) is 38.1 Å². The highest BCUT2D eigenvalue weighted by Crippen LogP contribution is 2.38. The second-order valence-corrected chi connectivity index (χ2v) is 11.8. The zero-order valence-corrected chi connectivity index (χ0v) is 27.1. The van der Waals surface area contributed by atoms with Crippen molar-refractivity contribution in [2.75, 3.05) is 31.5 Å². The number of amides is 2. The second-order valence-electron chi connectivity index (χ2n) is 10.9. The van der Waals surface area contributed by atoms with Gasteiger partial charge in [0.25, 0.3) is 0 Å². The molecule has 5 rings (SSSR count). The summed E-state index contributed by atoms with van der Waals surface area (Å²) in [6.07, 6.45) is 16.5. The number of rotatable bonds is 5. The van der Waals surface area contributed by atoms with Crippen molar-refractivity contribution in [3.8, 4) is 6.07 Å². The van der Waals surface area contributed by atoms with E-state index in [1.54, 1.807) is 30.5 Å². The number of urea groups is 1. The molecule has 2 aromatic rings. The van der Waals surface area contributed by atoms with Gasteiger partial charge in [0.15, 0.2) is 0 Å². The van der Waals surface area contributed by atoms with Gasteiger partial charge in [-0.1, -0.05) is 39.0 Å². The Hall–Kier alpha value is -3.87. The van der Waals surface area contributed by atoms with Gasteiger partial charge in [-0.3, -0.25) is 4.90 Å². The molecule has 3 aliphatic rings. The molecule has 0 spiro atoms. The molecule has 2 atom stereocenters. The van der Waals surface area contributed by atoms with Gasteiger partial charge in [-0.25, -0.2) is 9.78 Å². The van der Waals surface area contributed by atoms with Gasteiger partial charge in [0.1, 0.15) is 5.82 Å². The highest BCUT2D eigenvalue weighted by molar-refractivity contribution is 9.11. The average Bonchev–Trinajstić information content (AvgIpc) is 3.37. The predicted molar refractivity (Wildman–Crippen MR) is 177 cm³/mol. The first-order valence-corrected chi connectivity index (χ1v) is 15.8. The maximum absolute atomic E-state index is 13.0. The topological polar surface area (TPSA) is 103 Å². The summed E-state index contributed by atoms with van der Waals surface area (Å²) in [6.45, 7) is 11.9. The zero-order valence-electron chi connectivity index (χ0n) is 25.6. The van der Waals surface area contributed by atoms with Crippen molar-refractivity contribution < 1.29 is 4.79 Å². The van der Waals surface area contributed by atoms with Crippen LogP contribution in [0, 0.1) is 24.2 Å². The number of piperazine rings is 1. The number of nitrogens with one attached hydrogen (secondary N) is 1. The van der Waals surface area contributed by atoms with Crippen molar-refractivity contribution in [3.63, 3.8) is 0 Å². The van der Waals surface area contributed by atoms with Crippen LogP contribution in [0.3, 0.4) is 0 Å². The van der Waals surface area contributed by atoms with Crippen molar-refractivity contribution in [1.82, 2.24) is 19.4 Å². The maximum atomic E-state index is 13.0. The molecule has 1 saturated heterocycles. The lowest BCUT2D eigenvalue weighted by Crippen LogP contribution is -2.53. The van der Waals surface area contributed by atoms with Gasteiger partial charge in [-0.05, 0) is 94.2 Å². The third kappa shape index (κ3) is 7.95. The van der Waals surface area contributed by atoms with E-state index in [4.69, 9.17) is 11.0 Å². The van der Waals surface area contributed by atoms with E-state index in [0.717, 1.165) is 42.8 Å². The summed E-state index contributed by atoms with van der Waals surface area (Å²) >= 11 is 3.62. The number of hydrogen-bond donors (Lipinski definition) is 2. The first-order chi connectivity index (χ1) is 20.8. The normalized spacial score (nSPS) is 21.8. The summed E-state index contributed by atoms with van der Waals surface area (Å²) < 4.78 is 3.04. The van der Waals surface area contributed by atoms with E-state index < -0.39 is 0 Å². The summed E-state index contributed by atoms with van der Waals surface area (Å²) in [5.41, 5.74) is 12.4. The summed E-state index contributed by atoms with van der Waals surface area (Å²) in [4.78, 5) is 21.8. The summed E-state index contributed by atoms with van der Waals surface area (Å²) in [5.74, 6) is 1.46. The van der Waals surface area contributed by atoms with Crippen molar-refractivity contribution in [1.29, 1.82) is 5.26 Å². The van der Waals surface area contributed by atoms with Crippen molar-refractivity contribution in [2.45, 2.75) is 53.1 Å². The van der Waals surface area contributed by atoms with Crippen LogP contribution in [0.5, 0.6) is 0 Å². The minimum Gasteiger partial charge on any atom is -0.404 e. The number of allylic oxidation sites excluding steroid dienone is 6. The maximum Gasteiger partial charge on any atom is 0.321 e. The van der Waals surface area contributed by atoms with Gasteiger partial charge >= 0.3 is 6.03 Å². The second kappa shape index (κ2) is 15.0. The fourth-order valence-corrected chi connectivity index (χ4v) is 6.06. The number of imidazole rings is 1. The Morgan fingerprint density at radius 2 is 1.91 bits per heavy atom. The third-order valence-electron chi connectivity index (χ3n) is 8.09. The van der Waals surface area contributed by atoms with Crippen LogP contribution in [-0.2, 0) is 6.54 Å². The molecule has 226 valence electrons. The molecule has 0 radical (unpaired) electrons. The first-order valence-electron chi connectivity index (χ1n) is 15.0. The number of halogens is 1. The highest BCUT2D eigenvalue weighted by atomic mass is 79.9. The van der Waals surface area contributed by atoms with E-state index in [1.165, 1.54) is 22.3 Å². The molecule has 0 saturated carbocycles. The molecule has 9 heteroatoms. The van der Waals surface area contributed by atoms with Crippen LogP contribution in [0.2, 0.25) is 0 Å². The quantitative estimate of drug-likeness (QED) is 0.380. The Morgan fingerprint density at radius 3 is 2.53 bits per heavy atom. The largest absolute Gasteiger partial charge is 0.404 e. The number of hydrogen-bond acceptors (Lipinski definition) is 5. The SMILES string of the molecule is CC.Cc1nccn1CC1=CC2=C(C=CC(C)C2)C(N2CCN(C(=O)Nc3ccc(C#N)cc3)CC2)C/C1=C\C(Br)=C/N. The standard InChI is InChI=1S/C32H36BrN7O.C2H6/c1-22-3-8-30-26(15-22)16-27(21-40-10-9-36-23(40)2)25(17-28(33)20-35)18-31(30)38-11-13-39(14-12-38)32(41)37-29-6-4-24(19-34)5-7-29;1-2/h3-10,16-17,20,22,31H,11-15,18,21,35H2,1-2H3,(H,37,41);1-2H3/b25-17+,28-20+;. The molecular weight excluding hydrogens is 602 g/mol. The van der Waals surface area contributed by atoms with E-state index in [2.05, 4.69) is 73.0 Å². The van der Waals surface area contributed by atoms with Crippen molar-refractivity contribution in [3.05, 3.63) is 105 Å². The Morgan fingerprint density at radius 1 is 1.19 bits per heavy atom. The molecule has 0 bridgehead atoms. The monoisotopic (exact) mass is 643 g/mol. The lowest BCUT2D eigenvalue weighted by atomic mass is 9.86. The number of anilines is 1. The van der Waals surface area contributed by atoms with E-state index in [9.17, 15) is 4.79 Å². The number of nitrogens with two attached hydrogens (primary N) is 1. The van der Waals surface area contributed by atoms with Crippen molar-refractivity contribution in [2.24, 2.45) is 11.7 Å². The number of aryl methyl sites for hydroxylation is 1. The molecule has 8 nitrogen and oxygen atoms in total. The van der Waals surface area contributed by atoms with Gasteiger partial charge in [-0.15, -0.1) is 0 Å². The molecule has 1 aromatic carbocycles. The van der Waals surface area contributed by atoms with Gasteiger partial charge in [0.05, 0.1) is 11.6 Å². The molecule has 1 fully saturated rings. The molecule has 43 heavy (non-hydrogen) atoms. The number of aromatic nitrogens is 2. The Bertz CT molecular complexity index is 1480. The molecule has 2 aliphatic carbocycles. The minimum atomic E-state index is -0.112. The minimum absolute atomic E-state index is 0.112. The van der Waals surface area contributed by atoms with Crippen LogP contribution < -0.4 is 11.1 Å². The number of carbonyl (C=O) groups excluding carboxylic acids is 1. The molecule has 2 heterocycles. The van der Waals surface area contributed by atoms with Crippen LogP contribution in [-0.4, -0.2) is 57.6 Å². The lowest BCUT2D eigenvalue weighted by Gasteiger charge is -2.40. The van der Waals surface area contributed by atoms with Gasteiger partial charge < -0.3 is 20.5 Å². The number of nitrogens with zero attached hydrogens (tertiary/aromatic N) is 5. The Kier molecular flexibility index (Phi) is 11.2. The number of benzene rings is 1. The molecule has 1 aromatic heterocycles. The van der Waals surface area contributed by atoms with Crippen LogP contribution in [0.4, 0.5) is 10.5 Å². The van der Waals surface area contributed by atoms with Crippen LogP contribution >= 0.6 is 15.9 Å². The van der Waals surface area contributed by atoms with Crippen LogP contribution in [0.25, 0.3) is 0 Å². The van der Waals surface area contributed by atoms with Crippen molar-refractivity contribution >= 4 is 27.6 Å². The summed E-state index contributed by atoms with van der Waals surface area (Å²) in [7, 11) is 0. The lowest BCUT2D eigenvalue weighted by molar-refractivity contribution is 0.125. The fraction of sp³-hybridized carbons (Fsp3) is 0.382. The molecule has 2 amide bonds. The summed E-state index contributed by atoms with van der Waals surface area (Å²) in [6, 6.07) is 9.14. The highest BCUT2D eigenvalue weighted by Gasteiger charge is 2.33. The Labute approximate surface area is 264 Å².